The van der Waals surface area contributed by atoms with E-state index in [-0.39, 0.29) is 18.2 Å². The lowest BCUT2D eigenvalue weighted by Gasteiger charge is -2.32. The van der Waals surface area contributed by atoms with Crippen molar-refractivity contribution in [3.05, 3.63) is 54.1 Å². The Kier molecular flexibility index (Phi) is 5.41. The maximum Gasteiger partial charge on any atom is 0.267 e. The molecule has 6 heteroatoms. The summed E-state index contributed by atoms with van der Waals surface area (Å²) in [6.07, 6.45) is -0.332. The molecule has 0 spiro atoms. The highest BCUT2D eigenvalue weighted by Gasteiger charge is 2.31. The molecule has 1 N–H and O–H groups in total. The molecule has 2 amide bonds. The zero-order chi connectivity index (χ0) is 18.5. The average Bonchev–Trinajstić information content (AvgIpc) is 2.67. The average molecular weight is 354 g/mol. The molecular weight excluding hydrogens is 332 g/mol. The summed E-state index contributed by atoms with van der Waals surface area (Å²) >= 11 is 0. The van der Waals surface area contributed by atoms with Gasteiger partial charge < -0.3 is 19.7 Å². The molecule has 0 bridgehead atoms. The van der Waals surface area contributed by atoms with Crippen LogP contribution in [0, 0.1) is 0 Å². The lowest BCUT2D eigenvalue weighted by molar-refractivity contribution is -0.125. The molecule has 3 rings (SSSR count). The first-order valence-corrected chi connectivity index (χ1v) is 8.55. The Morgan fingerprint density at radius 1 is 1.23 bits per heavy atom. The van der Waals surface area contributed by atoms with E-state index in [1.165, 1.54) is 0 Å². The van der Waals surface area contributed by atoms with Crippen LogP contribution in [-0.2, 0) is 16.1 Å². The van der Waals surface area contributed by atoms with Gasteiger partial charge in [0, 0.05) is 19.5 Å². The van der Waals surface area contributed by atoms with Gasteiger partial charge in [0.1, 0.15) is 11.5 Å². The minimum absolute atomic E-state index is 0.114. The number of hydrogen-bond donors (Lipinski definition) is 1. The van der Waals surface area contributed by atoms with Crippen molar-refractivity contribution in [1.82, 2.24) is 5.32 Å². The van der Waals surface area contributed by atoms with E-state index in [1.807, 2.05) is 48.5 Å². The largest absolute Gasteiger partial charge is 0.497 e. The number of carbonyl (C=O) groups is 2. The van der Waals surface area contributed by atoms with Crippen molar-refractivity contribution in [2.24, 2.45) is 0 Å². The highest BCUT2D eigenvalue weighted by atomic mass is 16.5. The van der Waals surface area contributed by atoms with E-state index in [2.05, 4.69) is 5.32 Å². The highest BCUT2D eigenvalue weighted by Crippen LogP contribution is 2.33. The Balaban J connectivity index is 1.58. The van der Waals surface area contributed by atoms with Gasteiger partial charge in [-0.1, -0.05) is 24.3 Å². The second-order valence-electron chi connectivity index (χ2n) is 6.10. The van der Waals surface area contributed by atoms with E-state index < -0.39 is 6.10 Å². The molecule has 0 radical (unpaired) electrons. The van der Waals surface area contributed by atoms with Gasteiger partial charge in [0.15, 0.2) is 6.10 Å². The first kappa shape index (κ1) is 17.8. The van der Waals surface area contributed by atoms with Crippen molar-refractivity contribution in [3.8, 4) is 11.5 Å². The number of hydrogen-bond acceptors (Lipinski definition) is 4. The molecule has 26 heavy (non-hydrogen) atoms. The standard InChI is InChI=1S/C20H22N2O4/c1-14-20(24)22(17-8-3-4-9-18(17)26-14)11-10-19(23)21-13-15-6-5-7-16(12-15)25-2/h3-9,12,14H,10-11,13H2,1-2H3,(H,21,23). The van der Waals surface area contributed by atoms with Crippen molar-refractivity contribution in [3.63, 3.8) is 0 Å². The minimum atomic E-state index is -0.551. The zero-order valence-corrected chi connectivity index (χ0v) is 14.9. The monoisotopic (exact) mass is 354 g/mol. The van der Waals surface area contributed by atoms with Gasteiger partial charge in [0.05, 0.1) is 12.8 Å². The van der Waals surface area contributed by atoms with Crippen LogP contribution >= 0.6 is 0 Å². The van der Waals surface area contributed by atoms with Crippen LogP contribution in [0.4, 0.5) is 5.69 Å². The molecule has 0 aliphatic carbocycles. The van der Waals surface area contributed by atoms with Crippen LogP contribution in [-0.4, -0.2) is 31.6 Å². The van der Waals surface area contributed by atoms with E-state index in [9.17, 15) is 9.59 Å². The minimum Gasteiger partial charge on any atom is -0.497 e. The molecule has 2 aromatic rings. The maximum atomic E-state index is 12.4. The van der Waals surface area contributed by atoms with Crippen molar-refractivity contribution in [2.45, 2.75) is 26.0 Å². The van der Waals surface area contributed by atoms with Crippen molar-refractivity contribution >= 4 is 17.5 Å². The van der Waals surface area contributed by atoms with Crippen LogP contribution < -0.4 is 19.7 Å². The highest BCUT2D eigenvalue weighted by molar-refractivity contribution is 6.00. The fourth-order valence-electron chi connectivity index (χ4n) is 2.87. The second-order valence-corrected chi connectivity index (χ2v) is 6.10. The predicted octanol–water partition coefficient (Wildman–Crippen LogP) is 2.52. The molecule has 1 unspecified atom stereocenters. The first-order chi connectivity index (χ1) is 12.6. The second kappa shape index (κ2) is 7.91. The number of nitrogens with one attached hydrogen (secondary N) is 1. The van der Waals surface area contributed by atoms with Crippen molar-refractivity contribution in [2.75, 3.05) is 18.6 Å². The predicted molar refractivity (Wildman–Crippen MR) is 98.3 cm³/mol. The Morgan fingerprint density at radius 3 is 2.85 bits per heavy atom. The molecule has 1 heterocycles. The Hall–Kier alpha value is -3.02. The number of fused-ring (bicyclic) bond motifs is 1. The van der Waals surface area contributed by atoms with Crippen LogP contribution in [0.25, 0.3) is 0 Å². The number of rotatable bonds is 6. The molecular formula is C20H22N2O4. The number of anilines is 1. The van der Waals surface area contributed by atoms with Crippen LogP contribution in [0.15, 0.2) is 48.5 Å². The summed E-state index contributed by atoms with van der Waals surface area (Å²) in [5.74, 6) is 1.17. The van der Waals surface area contributed by atoms with Crippen LogP contribution in [0.3, 0.4) is 0 Å². The number of nitrogens with zero attached hydrogens (tertiary/aromatic N) is 1. The topological polar surface area (TPSA) is 67.9 Å². The van der Waals surface area contributed by atoms with Crippen LogP contribution in [0.5, 0.6) is 11.5 Å². The number of amides is 2. The number of carbonyl (C=O) groups excluding carboxylic acids is 2. The third-order valence-electron chi connectivity index (χ3n) is 4.26. The van der Waals surface area contributed by atoms with Crippen LogP contribution in [0.1, 0.15) is 18.9 Å². The molecule has 0 aromatic heterocycles. The summed E-state index contributed by atoms with van der Waals surface area (Å²) in [6.45, 7) is 2.45. The molecule has 1 aliphatic rings. The van der Waals surface area contributed by atoms with Gasteiger partial charge in [-0.25, -0.2) is 0 Å². The number of ether oxygens (including phenoxy) is 2. The molecule has 0 saturated heterocycles. The number of benzene rings is 2. The number of methoxy groups -OCH3 is 1. The number of para-hydroxylation sites is 2. The van der Waals surface area contributed by atoms with Gasteiger partial charge >= 0.3 is 0 Å². The summed E-state index contributed by atoms with van der Waals surface area (Å²) in [5.41, 5.74) is 1.66. The van der Waals surface area contributed by atoms with Gasteiger partial charge in [0.25, 0.3) is 5.91 Å². The summed E-state index contributed by atoms with van der Waals surface area (Å²) in [5, 5.41) is 2.88. The van der Waals surface area contributed by atoms with E-state index >= 15 is 0 Å². The van der Waals surface area contributed by atoms with Gasteiger partial charge in [-0.3, -0.25) is 9.59 Å². The van der Waals surface area contributed by atoms with Crippen molar-refractivity contribution in [1.29, 1.82) is 0 Å². The van der Waals surface area contributed by atoms with Gasteiger partial charge in [-0.05, 0) is 36.8 Å². The quantitative estimate of drug-likeness (QED) is 0.866. The Labute approximate surface area is 152 Å². The lowest BCUT2D eigenvalue weighted by atomic mass is 10.1. The van der Waals surface area contributed by atoms with Gasteiger partial charge in [0.2, 0.25) is 5.91 Å². The van der Waals surface area contributed by atoms with Crippen molar-refractivity contribution < 1.29 is 19.1 Å². The smallest absolute Gasteiger partial charge is 0.267 e. The fraction of sp³-hybridized carbons (Fsp3) is 0.300. The third kappa shape index (κ3) is 3.96. The molecule has 0 fully saturated rings. The van der Waals surface area contributed by atoms with E-state index in [0.717, 1.165) is 11.3 Å². The Bertz CT molecular complexity index is 806. The van der Waals surface area contributed by atoms with E-state index in [4.69, 9.17) is 9.47 Å². The SMILES string of the molecule is COc1cccc(CNC(=O)CCN2C(=O)C(C)Oc3ccccc32)c1. The molecule has 1 aliphatic heterocycles. The molecule has 0 saturated carbocycles. The molecule has 1 atom stereocenters. The van der Waals surface area contributed by atoms with E-state index in [1.54, 1.807) is 18.9 Å². The lowest BCUT2D eigenvalue weighted by Crippen LogP contribution is -2.45. The summed E-state index contributed by atoms with van der Waals surface area (Å²) in [4.78, 5) is 26.2. The van der Waals surface area contributed by atoms with Gasteiger partial charge in [-0.2, -0.15) is 0 Å². The normalized spacial score (nSPS) is 15.8. The van der Waals surface area contributed by atoms with E-state index in [0.29, 0.717) is 24.5 Å². The fourth-order valence-corrected chi connectivity index (χ4v) is 2.87. The Morgan fingerprint density at radius 2 is 2.04 bits per heavy atom. The summed E-state index contributed by atoms with van der Waals surface area (Å²) in [6, 6.07) is 14.9. The maximum absolute atomic E-state index is 12.4. The van der Waals surface area contributed by atoms with Crippen LogP contribution in [0.2, 0.25) is 0 Å². The zero-order valence-electron chi connectivity index (χ0n) is 14.9. The first-order valence-electron chi connectivity index (χ1n) is 8.55. The molecule has 6 nitrogen and oxygen atoms in total. The summed E-state index contributed by atoms with van der Waals surface area (Å²) in [7, 11) is 1.61. The summed E-state index contributed by atoms with van der Waals surface area (Å²) < 4.78 is 10.8. The van der Waals surface area contributed by atoms with Gasteiger partial charge in [-0.15, -0.1) is 0 Å². The molecule has 2 aromatic carbocycles. The molecule has 136 valence electrons. The third-order valence-corrected chi connectivity index (χ3v) is 4.26.